The maximum Gasteiger partial charge on any atom is 0.276 e. The molecule has 0 saturated heterocycles. The molecule has 138 valence electrons. The van der Waals surface area contributed by atoms with Gasteiger partial charge in [0.25, 0.3) is 17.4 Å². The number of primary amides is 1. The van der Waals surface area contributed by atoms with Gasteiger partial charge in [-0.1, -0.05) is 44.2 Å². The van der Waals surface area contributed by atoms with E-state index in [0.717, 1.165) is 0 Å². The van der Waals surface area contributed by atoms with Crippen LogP contribution in [-0.2, 0) is 6.54 Å². The highest BCUT2D eigenvalue weighted by molar-refractivity contribution is 6.13. The molecule has 0 bridgehead atoms. The number of para-hydroxylation sites is 1. The predicted octanol–water partition coefficient (Wildman–Crippen LogP) is 2.40. The number of rotatable bonds is 5. The van der Waals surface area contributed by atoms with Crippen LogP contribution in [0.4, 0.5) is 5.69 Å². The van der Waals surface area contributed by atoms with E-state index in [9.17, 15) is 14.4 Å². The van der Waals surface area contributed by atoms with Gasteiger partial charge in [0, 0.05) is 11.9 Å². The van der Waals surface area contributed by atoms with E-state index in [1.807, 2.05) is 13.8 Å². The van der Waals surface area contributed by atoms with Crippen LogP contribution in [0.5, 0.6) is 0 Å². The van der Waals surface area contributed by atoms with Crippen molar-refractivity contribution < 1.29 is 9.59 Å². The number of anilines is 1. The minimum absolute atomic E-state index is 0.116. The summed E-state index contributed by atoms with van der Waals surface area (Å²) in [6, 6.07) is 13.3. The van der Waals surface area contributed by atoms with Gasteiger partial charge in [-0.05, 0) is 24.1 Å². The maximum absolute atomic E-state index is 12.9. The summed E-state index contributed by atoms with van der Waals surface area (Å²) in [6.07, 6.45) is 0. The van der Waals surface area contributed by atoms with Gasteiger partial charge in [0.1, 0.15) is 0 Å². The second-order valence-electron chi connectivity index (χ2n) is 6.64. The lowest BCUT2D eigenvalue weighted by Crippen LogP contribution is -2.29. The molecular formula is C20H20N4O3. The lowest BCUT2D eigenvalue weighted by molar-refractivity contribution is 0.100. The number of nitrogens with one attached hydrogen (secondary N) is 1. The molecule has 0 aliphatic carbocycles. The number of carbonyl (C=O) groups excluding carboxylic acids is 2. The van der Waals surface area contributed by atoms with Crippen LogP contribution in [0, 0.1) is 5.92 Å². The molecule has 1 aromatic heterocycles. The molecule has 7 nitrogen and oxygen atoms in total. The fourth-order valence-corrected chi connectivity index (χ4v) is 2.86. The second kappa shape index (κ2) is 7.41. The molecule has 2 amide bonds. The molecule has 1 heterocycles. The molecule has 0 unspecified atom stereocenters. The van der Waals surface area contributed by atoms with Gasteiger partial charge in [0.2, 0.25) is 0 Å². The zero-order chi connectivity index (χ0) is 19.6. The molecule has 3 N–H and O–H groups in total. The second-order valence-corrected chi connectivity index (χ2v) is 6.64. The first-order valence-electron chi connectivity index (χ1n) is 8.58. The number of amides is 2. The third-order valence-electron chi connectivity index (χ3n) is 4.06. The zero-order valence-corrected chi connectivity index (χ0v) is 15.1. The van der Waals surface area contributed by atoms with E-state index in [-0.39, 0.29) is 22.7 Å². The summed E-state index contributed by atoms with van der Waals surface area (Å²) >= 11 is 0. The maximum atomic E-state index is 12.9. The van der Waals surface area contributed by atoms with Gasteiger partial charge >= 0.3 is 0 Å². The summed E-state index contributed by atoms with van der Waals surface area (Å²) in [5.41, 5.74) is 5.73. The van der Waals surface area contributed by atoms with Gasteiger partial charge in [-0.25, -0.2) is 4.68 Å². The minimum atomic E-state index is -0.645. The smallest absolute Gasteiger partial charge is 0.276 e. The van der Waals surface area contributed by atoms with Crippen LogP contribution in [0.3, 0.4) is 0 Å². The van der Waals surface area contributed by atoms with Gasteiger partial charge in [-0.3, -0.25) is 14.4 Å². The van der Waals surface area contributed by atoms with E-state index in [1.165, 1.54) is 10.7 Å². The summed E-state index contributed by atoms with van der Waals surface area (Å²) in [4.78, 5) is 37.1. The van der Waals surface area contributed by atoms with E-state index in [0.29, 0.717) is 23.0 Å². The van der Waals surface area contributed by atoms with Crippen molar-refractivity contribution in [3.63, 3.8) is 0 Å². The average molecular weight is 364 g/mol. The topological polar surface area (TPSA) is 107 Å². The van der Waals surface area contributed by atoms with Crippen LogP contribution in [-0.4, -0.2) is 21.6 Å². The standard InChI is InChI=1S/C20H20N4O3/c1-12(2)11-24-20(27)14-8-4-3-7-13(14)17(23-24)19(26)22-16-10-6-5-9-15(16)18(21)25/h3-10,12H,11H2,1-2H3,(H2,21,25)(H,22,26). The van der Waals surface area contributed by atoms with Crippen LogP contribution in [0.25, 0.3) is 10.8 Å². The van der Waals surface area contributed by atoms with Crippen molar-refractivity contribution in [2.24, 2.45) is 11.7 Å². The van der Waals surface area contributed by atoms with Crippen LogP contribution in [0.2, 0.25) is 0 Å². The number of carbonyl (C=O) groups is 2. The van der Waals surface area contributed by atoms with Crippen LogP contribution in [0.1, 0.15) is 34.7 Å². The molecule has 3 rings (SSSR count). The summed E-state index contributed by atoms with van der Waals surface area (Å²) in [6.45, 7) is 4.32. The lowest BCUT2D eigenvalue weighted by Gasteiger charge is -2.13. The molecule has 0 atom stereocenters. The van der Waals surface area contributed by atoms with Crippen molar-refractivity contribution in [2.45, 2.75) is 20.4 Å². The first kappa shape index (κ1) is 18.3. The number of nitrogens with two attached hydrogens (primary N) is 1. The van der Waals surface area contributed by atoms with Crippen molar-refractivity contribution in [3.8, 4) is 0 Å². The van der Waals surface area contributed by atoms with Crippen LogP contribution >= 0.6 is 0 Å². The Morgan fingerprint density at radius 2 is 1.70 bits per heavy atom. The van der Waals surface area contributed by atoms with Gasteiger partial charge in [0.05, 0.1) is 16.6 Å². The average Bonchev–Trinajstić information content (AvgIpc) is 2.64. The molecular weight excluding hydrogens is 344 g/mol. The zero-order valence-electron chi connectivity index (χ0n) is 15.1. The Balaban J connectivity index is 2.11. The van der Waals surface area contributed by atoms with Crippen molar-refractivity contribution in [2.75, 3.05) is 5.32 Å². The van der Waals surface area contributed by atoms with Gasteiger partial charge < -0.3 is 11.1 Å². The van der Waals surface area contributed by atoms with E-state index in [1.54, 1.807) is 42.5 Å². The quantitative estimate of drug-likeness (QED) is 0.725. The SMILES string of the molecule is CC(C)Cn1nc(C(=O)Nc2ccccc2C(N)=O)c2ccccc2c1=O. The Kier molecular flexibility index (Phi) is 5.03. The Labute approximate surface area is 155 Å². The highest BCUT2D eigenvalue weighted by Gasteiger charge is 2.19. The third-order valence-corrected chi connectivity index (χ3v) is 4.06. The van der Waals surface area contributed by atoms with Crippen molar-refractivity contribution in [1.82, 2.24) is 9.78 Å². The van der Waals surface area contributed by atoms with Gasteiger partial charge in [-0.15, -0.1) is 0 Å². The molecule has 0 aliphatic rings. The summed E-state index contributed by atoms with van der Waals surface area (Å²) in [5.74, 6) is -0.978. The minimum Gasteiger partial charge on any atom is -0.366 e. The number of nitrogens with zero attached hydrogens (tertiary/aromatic N) is 2. The lowest BCUT2D eigenvalue weighted by atomic mass is 10.1. The Bertz CT molecular complexity index is 1090. The molecule has 7 heteroatoms. The van der Waals surface area contributed by atoms with E-state index in [2.05, 4.69) is 10.4 Å². The fourth-order valence-electron chi connectivity index (χ4n) is 2.86. The molecule has 27 heavy (non-hydrogen) atoms. The number of aromatic nitrogens is 2. The largest absolute Gasteiger partial charge is 0.366 e. The Morgan fingerprint density at radius 1 is 1.07 bits per heavy atom. The number of fused-ring (bicyclic) bond motifs is 1. The molecule has 2 aromatic carbocycles. The highest BCUT2D eigenvalue weighted by Crippen LogP contribution is 2.18. The highest BCUT2D eigenvalue weighted by atomic mass is 16.2. The van der Waals surface area contributed by atoms with Gasteiger partial charge in [-0.2, -0.15) is 5.10 Å². The van der Waals surface area contributed by atoms with Crippen molar-refractivity contribution >= 4 is 28.3 Å². The normalized spacial score (nSPS) is 10.9. The van der Waals surface area contributed by atoms with Crippen molar-refractivity contribution in [1.29, 1.82) is 0 Å². The van der Waals surface area contributed by atoms with E-state index < -0.39 is 11.8 Å². The molecule has 0 saturated carbocycles. The summed E-state index contributed by atoms with van der Waals surface area (Å²) in [5, 5.41) is 7.84. The summed E-state index contributed by atoms with van der Waals surface area (Å²) in [7, 11) is 0. The summed E-state index contributed by atoms with van der Waals surface area (Å²) < 4.78 is 1.31. The molecule has 3 aromatic rings. The first-order valence-corrected chi connectivity index (χ1v) is 8.58. The van der Waals surface area contributed by atoms with Crippen molar-refractivity contribution in [3.05, 3.63) is 70.1 Å². The van der Waals surface area contributed by atoms with Gasteiger partial charge in [0.15, 0.2) is 5.69 Å². The number of hydrogen-bond donors (Lipinski definition) is 2. The molecule has 0 aliphatic heterocycles. The molecule has 0 spiro atoms. The Morgan fingerprint density at radius 3 is 2.37 bits per heavy atom. The first-order chi connectivity index (χ1) is 12.9. The van der Waals surface area contributed by atoms with E-state index >= 15 is 0 Å². The van der Waals surface area contributed by atoms with E-state index in [4.69, 9.17) is 5.73 Å². The van der Waals surface area contributed by atoms with Crippen LogP contribution < -0.4 is 16.6 Å². The fraction of sp³-hybridized carbons (Fsp3) is 0.200. The monoisotopic (exact) mass is 364 g/mol. The third kappa shape index (κ3) is 3.72. The molecule has 0 radical (unpaired) electrons. The Hall–Kier alpha value is -3.48. The van der Waals surface area contributed by atoms with Crippen LogP contribution in [0.15, 0.2) is 53.3 Å². The molecule has 0 fully saturated rings. The predicted molar refractivity (Wildman–Crippen MR) is 104 cm³/mol. The number of benzene rings is 2. The number of hydrogen-bond acceptors (Lipinski definition) is 4.